The van der Waals surface area contributed by atoms with Gasteiger partial charge in [-0.3, -0.25) is 0 Å². The van der Waals surface area contributed by atoms with Gasteiger partial charge in [-0.25, -0.2) is 0 Å². The summed E-state index contributed by atoms with van der Waals surface area (Å²) in [5, 5.41) is 0. The summed E-state index contributed by atoms with van der Waals surface area (Å²) in [5.74, 6) is 0.671. The van der Waals surface area contributed by atoms with Gasteiger partial charge in [0.25, 0.3) is 0 Å². The average Bonchev–Trinajstić information content (AvgIpc) is 2.95. The molecule has 0 amide bonds. The highest BCUT2D eigenvalue weighted by atomic mass is 14.2. The van der Waals surface area contributed by atoms with E-state index in [0.29, 0.717) is 5.92 Å². The summed E-state index contributed by atoms with van der Waals surface area (Å²) < 4.78 is 0. The number of fused-ring (bicyclic) bond motifs is 1. The third-order valence-corrected chi connectivity index (χ3v) is 3.46. The van der Waals surface area contributed by atoms with Crippen LogP contribution < -0.4 is 0 Å². The molecule has 0 aliphatic heterocycles. The lowest BCUT2D eigenvalue weighted by Gasteiger charge is -2.05. The lowest BCUT2D eigenvalue weighted by Crippen LogP contribution is -1.92. The molecule has 0 atom stereocenters. The maximum Gasteiger partial charge on any atom is -0.00442 e. The monoisotopic (exact) mass is 208 g/mol. The molecule has 3 rings (SSSR count). The van der Waals surface area contributed by atoms with E-state index in [4.69, 9.17) is 0 Å². The second-order valence-electron chi connectivity index (χ2n) is 4.65. The molecule has 80 valence electrons. The van der Waals surface area contributed by atoms with Crippen LogP contribution in [0.1, 0.15) is 24.0 Å². The number of allylic oxidation sites excluding steroid dienone is 5. The van der Waals surface area contributed by atoms with Crippen molar-refractivity contribution >= 4 is 6.08 Å². The summed E-state index contributed by atoms with van der Waals surface area (Å²) in [7, 11) is 0. The van der Waals surface area contributed by atoms with Crippen LogP contribution in [-0.2, 0) is 6.42 Å². The Hall–Kier alpha value is -1.56. The van der Waals surface area contributed by atoms with Crippen LogP contribution in [0, 0.1) is 5.92 Å². The van der Waals surface area contributed by atoms with Gasteiger partial charge in [0.15, 0.2) is 0 Å². The SMILES string of the molecule is C1=CC(CCC2=Cc3ccccc3C2)C=C1. The Morgan fingerprint density at radius 2 is 1.88 bits per heavy atom. The number of rotatable bonds is 3. The van der Waals surface area contributed by atoms with E-state index in [0.717, 1.165) is 6.42 Å². The minimum atomic E-state index is 0.671. The van der Waals surface area contributed by atoms with Crippen molar-refractivity contribution in [3.63, 3.8) is 0 Å². The zero-order valence-electron chi connectivity index (χ0n) is 9.39. The van der Waals surface area contributed by atoms with Crippen molar-refractivity contribution < 1.29 is 0 Å². The molecular weight excluding hydrogens is 192 g/mol. The van der Waals surface area contributed by atoms with E-state index in [1.807, 2.05) is 0 Å². The van der Waals surface area contributed by atoms with Crippen molar-refractivity contribution in [1.29, 1.82) is 0 Å². The van der Waals surface area contributed by atoms with Crippen molar-refractivity contribution in [2.24, 2.45) is 5.92 Å². The predicted molar refractivity (Wildman–Crippen MR) is 69.1 cm³/mol. The molecule has 0 radical (unpaired) electrons. The summed E-state index contributed by atoms with van der Waals surface area (Å²) in [6.45, 7) is 0. The van der Waals surface area contributed by atoms with Crippen LogP contribution in [0.15, 0.2) is 54.1 Å². The highest BCUT2D eigenvalue weighted by Gasteiger charge is 2.12. The molecule has 0 N–H and O–H groups in total. The topological polar surface area (TPSA) is 0 Å². The number of hydrogen-bond donors (Lipinski definition) is 0. The van der Waals surface area contributed by atoms with Crippen molar-refractivity contribution in [3.8, 4) is 0 Å². The maximum atomic E-state index is 2.37. The van der Waals surface area contributed by atoms with Crippen LogP contribution >= 0.6 is 0 Å². The van der Waals surface area contributed by atoms with E-state index >= 15 is 0 Å². The largest absolute Gasteiger partial charge is 0.0776 e. The minimum absolute atomic E-state index is 0.671. The quantitative estimate of drug-likeness (QED) is 0.700. The normalized spacial score (nSPS) is 17.9. The molecule has 2 aliphatic rings. The molecule has 16 heavy (non-hydrogen) atoms. The van der Waals surface area contributed by atoms with Crippen molar-refractivity contribution in [2.75, 3.05) is 0 Å². The van der Waals surface area contributed by atoms with Crippen LogP contribution in [-0.4, -0.2) is 0 Å². The molecule has 0 aromatic heterocycles. The molecule has 0 spiro atoms. The van der Waals surface area contributed by atoms with Crippen LogP contribution in [0.5, 0.6) is 0 Å². The predicted octanol–water partition coefficient (Wildman–Crippen LogP) is 4.15. The van der Waals surface area contributed by atoms with Crippen molar-refractivity contribution in [1.82, 2.24) is 0 Å². The molecule has 1 aromatic carbocycles. The van der Waals surface area contributed by atoms with E-state index in [-0.39, 0.29) is 0 Å². The summed E-state index contributed by atoms with van der Waals surface area (Å²) in [6.07, 6.45) is 14.9. The second kappa shape index (κ2) is 4.13. The Labute approximate surface area is 97.0 Å². The van der Waals surface area contributed by atoms with Crippen LogP contribution in [0.2, 0.25) is 0 Å². The molecule has 0 fully saturated rings. The van der Waals surface area contributed by atoms with Gasteiger partial charge in [0, 0.05) is 0 Å². The van der Waals surface area contributed by atoms with E-state index in [1.165, 1.54) is 24.0 Å². The first-order valence-corrected chi connectivity index (χ1v) is 6.04. The first kappa shape index (κ1) is 9.65. The summed E-state index contributed by atoms with van der Waals surface area (Å²) in [4.78, 5) is 0. The summed E-state index contributed by atoms with van der Waals surface area (Å²) >= 11 is 0. The third-order valence-electron chi connectivity index (χ3n) is 3.46. The third kappa shape index (κ3) is 1.88. The Bertz CT molecular complexity index is 463. The van der Waals surface area contributed by atoms with Gasteiger partial charge in [-0.15, -0.1) is 0 Å². The molecule has 0 bridgehead atoms. The molecule has 2 aliphatic carbocycles. The molecule has 0 heteroatoms. The zero-order valence-corrected chi connectivity index (χ0v) is 9.39. The van der Waals surface area contributed by atoms with Crippen molar-refractivity contribution in [2.45, 2.75) is 19.3 Å². The molecule has 0 heterocycles. The summed E-state index contributed by atoms with van der Waals surface area (Å²) in [6, 6.07) is 8.73. The Morgan fingerprint density at radius 3 is 2.69 bits per heavy atom. The molecule has 0 saturated heterocycles. The standard InChI is InChI=1S/C16H16/c1-2-6-13(5-1)9-10-14-11-15-7-3-4-8-16(15)12-14/h1-8,11,13H,9-10,12H2. The first-order chi connectivity index (χ1) is 7.92. The van der Waals surface area contributed by atoms with Gasteiger partial charge in [0.1, 0.15) is 0 Å². The maximum absolute atomic E-state index is 2.37. The van der Waals surface area contributed by atoms with E-state index in [1.54, 1.807) is 5.57 Å². The van der Waals surface area contributed by atoms with Gasteiger partial charge >= 0.3 is 0 Å². The highest BCUT2D eigenvalue weighted by Crippen LogP contribution is 2.29. The molecule has 1 aromatic rings. The average molecular weight is 208 g/mol. The van der Waals surface area contributed by atoms with Gasteiger partial charge in [0.2, 0.25) is 0 Å². The summed E-state index contributed by atoms with van der Waals surface area (Å²) in [5.41, 5.74) is 4.51. The fraction of sp³-hybridized carbons (Fsp3) is 0.250. The molecular formula is C16H16. The smallest absolute Gasteiger partial charge is 0.00442 e. The fourth-order valence-electron chi connectivity index (χ4n) is 2.53. The Morgan fingerprint density at radius 1 is 1.06 bits per heavy atom. The van der Waals surface area contributed by atoms with E-state index < -0.39 is 0 Å². The number of hydrogen-bond acceptors (Lipinski definition) is 0. The van der Waals surface area contributed by atoms with Crippen LogP contribution in [0.3, 0.4) is 0 Å². The van der Waals surface area contributed by atoms with E-state index in [2.05, 4.69) is 54.6 Å². The van der Waals surface area contributed by atoms with Gasteiger partial charge in [-0.1, -0.05) is 60.2 Å². The highest BCUT2D eigenvalue weighted by molar-refractivity contribution is 5.63. The van der Waals surface area contributed by atoms with E-state index in [9.17, 15) is 0 Å². The zero-order chi connectivity index (χ0) is 10.8. The molecule has 0 unspecified atom stereocenters. The minimum Gasteiger partial charge on any atom is -0.0776 e. The Balaban J connectivity index is 1.63. The van der Waals surface area contributed by atoms with Crippen LogP contribution in [0.4, 0.5) is 0 Å². The van der Waals surface area contributed by atoms with Crippen molar-refractivity contribution in [3.05, 3.63) is 65.3 Å². The molecule has 0 nitrogen and oxygen atoms in total. The van der Waals surface area contributed by atoms with Gasteiger partial charge in [0.05, 0.1) is 0 Å². The molecule has 0 saturated carbocycles. The first-order valence-electron chi connectivity index (χ1n) is 6.04. The number of benzene rings is 1. The fourth-order valence-corrected chi connectivity index (χ4v) is 2.53. The van der Waals surface area contributed by atoms with Gasteiger partial charge < -0.3 is 0 Å². The lowest BCUT2D eigenvalue weighted by molar-refractivity contribution is 0.706. The Kier molecular flexibility index (Phi) is 2.49. The van der Waals surface area contributed by atoms with Crippen LogP contribution in [0.25, 0.3) is 6.08 Å². The van der Waals surface area contributed by atoms with Gasteiger partial charge in [-0.05, 0) is 36.3 Å². The second-order valence-corrected chi connectivity index (χ2v) is 4.65. The van der Waals surface area contributed by atoms with Gasteiger partial charge in [-0.2, -0.15) is 0 Å². The lowest BCUT2D eigenvalue weighted by atomic mass is 10.00.